The van der Waals surface area contributed by atoms with Crippen LogP contribution in [0.2, 0.25) is 0 Å². The Morgan fingerprint density at radius 2 is 1.85 bits per heavy atom. The molecule has 0 fully saturated rings. The molecule has 0 aliphatic heterocycles. The van der Waals surface area contributed by atoms with E-state index < -0.39 is 0 Å². The van der Waals surface area contributed by atoms with Gasteiger partial charge in [0, 0.05) is 23.3 Å². The molecular weight excluding hydrogens is 358 g/mol. The van der Waals surface area contributed by atoms with Gasteiger partial charge in [0.15, 0.2) is 5.82 Å². The topological polar surface area (TPSA) is 82.8 Å². The highest BCUT2D eigenvalue weighted by Gasteiger charge is 2.21. The van der Waals surface area contributed by atoms with E-state index in [0.717, 1.165) is 29.9 Å². The van der Waals surface area contributed by atoms with E-state index in [-0.39, 0.29) is 5.41 Å². The summed E-state index contributed by atoms with van der Waals surface area (Å²) < 4.78 is 7.04. The number of rotatable bonds is 4. The van der Waals surface area contributed by atoms with Crippen molar-refractivity contribution in [3.63, 3.8) is 0 Å². The van der Waals surface area contributed by atoms with E-state index in [4.69, 9.17) is 10.4 Å². The van der Waals surface area contributed by atoms with E-state index in [0.29, 0.717) is 16.7 Å². The number of benzene rings is 1. The summed E-state index contributed by atoms with van der Waals surface area (Å²) in [5.41, 5.74) is 4.64. The van der Waals surface area contributed by atoms with Crippen LogP contribution in [0.25, 0.3) is 11.4 Å². The number of hydrogen-bond acceptors (Lipinski definition) is 6. The molecule has 1 aliphatic rings. The molecule has 0 radical (unpaired) electrons. The Morgan fingerprint density at radius 1 is 1.11 bits per heavy atom. The predicted octanol–water partition coefficient (Wildman–Crippen LogP) is 4.12. The first-order valence-corrected chi connectivity index (χ1v) is 10.3. The van der Waals surface area contributed by atoms with Crippen LogP contribution in [0.1, 0.15) is 56.2 Å². The Labute approximate surface area is 163 Å². The van der Waals surface area contributed by atoms with Crippen LogP contribution >= 0.6 is 11.8 Å². The van der Waals surface area contributed by atoms with Gasteiger partial charge in [-0.15, -0.1) is 10.2 Å². The normalized spacial score (nSPS) is 14.3. The Hall–Kier alpha value is -2.28. The quantitative estimate of drug-likeness (QED) is 0.539. The Morgan fingerprint density at radius 3 is 2.59 bits per heavy atom. The zero-order valence-electron chi connectivity index (χ0n) is 16.0. The lowest BCUT2D eigenvalue weighted by Crippen LogP contribution is -2.13. The van der Waals surface area contributed by atoms with Crippen LogP contribution < -0.4 is 5.84 Å². The zero-order chi connectivity index (χ0) is 19.0. The number of nitrogen functional groups attached to an aromatic ring is 1. The fraction of sp³-hybridized carbons (Fsp3) is 0.450. The summed E-state index contributed by atoms with van der Waals surface area (Å²) >= 11 is 1.54. The van der Waals surface area contributed by atoms with Gasteiger partial charge in [0.2, 0.25) is 5.16 Å². The second-order valence-electron chi connectivity index (χ2n) is 8.03. The molecule has 142 valence electrons. The summed E-state index contributed by atoms with van der Waals surface area (Å²) in [7, 11) is 0. The highest BCUT2D eigenvalue weighted by molar-refractivity contribution is 7.98. The SMILES string of the molecule is CC(C)(C)c1ccc(-c2nnc(SCc3noc4c3CCCC4)n2N)cc1. The molecule has 0 atom stereocenters. The summed E-state index contributed by atoms with van der Waals surface area (Å²) in [6.45, 7) is 6.60. The lowest BCUT2D eigenvalue weighted by molar-refractivity contribution is 0.369. The molecule has 7 heteroatoms. The van der Waals surface area contributed by atoms with E-state index in [1.807, 2.05) is 0 Å². The van der Waals surface area contributed by atoms with E-state index in [2.05, 4.69) is 60.4 Å². The Balaban J connectivity index is 1.50. The van der Waals surface area contributed by atoms with Gasteiger partial charge in [-0.25, -0.2) is 4.68 Å². The first kappa shape index (κ1) is 18.1. The minimum Gasteiger partial charge on any atom is -0.361 e. The molecule has 0 bridgehead atoms. The van der Waals surface area contributed by atoms with Gasteiger partial charge >= 0.3 is 0 Å². The summed E-state index contributed by atoms with van der Waals surface area (Å²) in [5.74, 6) is 8.67. The van der Waals surface area contributed by atoms with Crippen molar-refractivity contribution in [1.29, 1.82) is 0 Å². The number of nitrogens with two attached hydrogens (primary N) is 1. The van der Waals surface area contributed by atoms with Crippen LogP contribution in [0.4, 0.5) is 0 Å². The van der Waals surface area contributed by atoms with Gasteiger partial charge in [-0.1, -0.05) is 62.0 Å². The van der Waals surface area contributed by atoms with Crippen molar-refractivity contribution in [2.45, 2.75) is 62.8 Å². The lowest BCUT2D eigenvalue weighted by Gasteiger charge is -2.19. The van der Waals surface area contributed by atoms with Crippen molar-refractivity contribution in [3.05, 3.63) is 46.8 Å². The van der Waals surface area contributed by atoms with E-state index in [1.54, 1.807) is 16.4 Å². The van der Waals surface area contributed by atoms with Crippen molar-refractivity contribution in [2.24, 2.45) is 0 Å². The van der Waals surface area contributed by atoms with Gasteiger partial charge in [-0.2, -0.15) is 0 Å². The second-order valence-corrected chi connectivity index (χ2v) is 8.97. The summed E-state index contributed by atoms with van der Waals surface area (Å²) in [4.78, 5) is 0. The first-order chi connectivity index (χ1) is 12.9. The highest BCUT2D eigenvalue weighted by atomic mass is 32.2. The fourth-order valence-electron chi connectivity index (χ4n) is 3.39. The number of fused-ring (bicyclic) bond motifs is 1. The van der Waals surface area contributed by atoms with Gasteiger partial charge in [0.1, 0.15) is 5.76 Å². The van der Waals surface area contributed by atoms with Gasteiger partial charge in [-0.3, -0.25) is 0 Å². The predicted molar refractivity (Wildman–Crippen MR) is 107 cm³/mol. The molecule has 0 saturated carbocycles. The van der Waals surface area contributed by atoms with Gasteiger partial charge in [0.25, 0.3) is 0 Å². The maximum atomic E-state index is 6.26. The third kappa shape index (κ3) is 3.60. The number of aromatic nitrogens is 4. The number of thioether (sulfide) groups is 1. The van der Waals surface area contributed by atoms with Crippen LogP contribution in [0, 0.1) is 0 Å². The average Bonchev–Trinajstić information content (AvgIpc) is 3.23. The molecule has 0 unspecified atom stereocenters. The molecule has 2 N–H and O–H groups in total. The third-order valence-electron chi connectivity index (χ3n) is 5.04. The molecule has 0 amide bonds. The monoisotopic (exact) mass is 383 g/mol. The van der Waals surface area contributed by atoms with Crippen molar-refractivity contribution >= 4 is 11.8 Å². The molecular formula is C20H25N5OS. The van der Waals surface area contributed by atoms with E-state index >= 15 is 0 Å². The van der Waals surface area contributed by atoms with Crippen molar-refractivity contribution in [3.8, 4) is 11.4 Å². The standard InChI is InChI=1S/C20H25N5OS/c1-20(2,3)14-10-8-13(9-11-14)18-22-23-19(25(18)21)27-12-16-15-6-4-5-7-17(15)26-24-16/h8-11H,4-7,12,21H2,1-3H3. The molecule has 0 spiro atoms. The molecule has 6 nitrogen and oxygen atoms in total. The van der Waals surface area contributed by atoms with Gasteiger partial charge in [0.05, 0.1) is 5.69 Å². The first-order valence-electron chi connectivity index (χ1n) is 9.34. The molecule has 2 heterocycles. The Kier molecular flexibility index (Phi) is 4.72. The molecule has 27 heavy (non-hydrogen) atoms. The van der Waals surface area contributed by atoms with Crippen molar-refractivity contribution < 1.29 is 4.52 Å². The van der Waals surface area contributed by atoms with Crippen LogP contribution in [0.3, 0.4) is 0 Å². The fourth-order valence-corrected chi connectivity index (χ4v) is 4.20. The molecule has 2 aromatic heterocycles. The summed E-state index contributed by atoms with van der Waals surface area (Å²) in [6, 6.07) is 8.35. The number of aryl methyl sites for hydroxylation is 1. The summed E-state index contributed by atoms with van der Waals surface area (Å²) in [6.07, 6.45) is 4.43. The molecule has 1 aliphatic carbocycles. The van der Waals surface area contributed by atoms with Crippen LogP contribution in [-0.4, -0.2) is 20.0 Å². The second kappa shape index (κ2) is 7.03. The maximum Gasteiger partial charge on any atom is 0.210 e. The Bertz CT molecular complexity index is 936. The highest BCUT2D eigenvalue weighted by Crippen LogP contribution is 2.30. The molecule has 1 aromatic carbocycles. The van der Waals surface area contributed by atoms with Crippen molar-refractivity contribution in [1.82, 2.24) is 20.0 Å². The van der Waals surface area contributed by atoms with Gasteiger partial charge < -0.3 is 10.4 Å². The van der Waals surface area contributed by atoms with E-state index in [9.17, 15) is 0 Å². The minimum atomic E-state index is 0.118. The number of hydrogen-bond donors (Lipinski definition) is 1. The van der Waals surface area contributed by atoms with Crippen LogP contribution in [0.5, 0.6) is 0 Å². The smallest absolute Gasteiger partial charge is 0.210 e. The third-order valence-corrected chi connectivity index (χ3v) is 6.00. The largest absolute Gasteiger partial charge is 0.361 e. The number of nitrogens with zero attached hydrogens (tertiary/aromatic N) is 4. The van der Waals surface area contributed by atoms with Crippen LogP contribution in [0.15, 0.2) is 33.9 Å². The zero-order valence-corrected chi connectivity index (χ0v) is 16.8. The summed E-state index contributed by atoms with van der Waals surface area (Å²) in [5, 5.41) is 13.5. The molecule has 4 rings (SSSR count). The molecule has 0 saturated heterocycles. The maximum absolute atomic E-state index is 6.26. The van der Waals surface area contributed by atoms with Crippen molar-refractivity contribution in [2.75, 3.05) is 5.84 Å². The van der Waals surface area contributed by atoms with E-state index in [1.165, 1.54) is 24.0 Å². The average molecular weight is 384 g/mol. The van der Waals surface area contributed by atoms with Crippen LogP contribution in [-0.2, 0) is 24.0 Å². The molecule has 3 aromatic rings. The van der Waals surface area contributed by atoms with Gasteiger partial charge in [-0.05, 0) is 30.2 Å². The minimum absolute atomic E-state index is 0.118. The lowest BCUT2D eigenvalue weighted by atomic mass is 9.87.